The summed E-state index contributed by atoms with van der Waals surface area (Å²) in [5.74, 6) is 0.863. The van der Waals surface area contributed by atoms with Gasteiger partial charge in [-0.1, -0.05) is 54.6 Å². The highest BCUT2D eigenvalue weighted by molar-refractivity contribution is 5.99. The van der Waals surface area contributed by atoms with Crippen LogP contribution in [-0.4, -0.2) is 23.3 Å². The Hall–Kier alpha value is -3.67. The van der Waals surface area contributed by atoms with Crippen molar-refractivity contribution in [3.05, 3.63) is 89.6 Å². The molecule has 0 fully saturated rings. The first-order valence-corrected chi connectivity index (χ1v) is 10.4. The standard InChI is InChI=1S/C25H25N3O3/c1-18-9-5-6-12-20(18)17-27-22(29)14-8-16-28-24-21(13-7-15-26-24)31-23(25(28)30)19-10-3-2-4-11-19/h2-7,9-13,15,23H,8,14,16-17H2,1H3,(H,27,29). The molecule has 1 unspecified atom stereocenters. The molecular formula is C25H25N3O3. The number of carbonyl (C=O) groups is 2. The summed E-state index contributed by atoms with van der Waals surface area (Å²) in [6.07, 6.45) is 1.78. The first kappa shape index (κ1) is 20.6. The molecule has 1 aromatic heterocycles. The number of benzene rings is 2. The minimum absolute atomic E-state index is 0.0372. The van der Waals surface area contributed by atoms with Crippen molar-refractivity contribution in [3.8, 4) is 5.75 Å². The number of hydrogen-bond acceptors (Lipinski definition) is 4. The van der Waals surface area contributed by atoms with Gasteiger partial charge in [0.2, 0.25) is 12.0 Å². The predicted octanol–water partition coefficient (Wildman–Crippen LogP) is 3.95. The Kier molecular flexibility index (Phi) is 6.26. The number of aromatic nitrogens is 1. The largest absolute Gasteiger partial charge is 0.472 e. The van der Waals surface area contributed by atoms with Crippen molar-refractivity contribution in [2.24, 2.45) is 0 Å². The number of amides is 2. The van der Waals surface area contributed by atoms with E-state index in [2.05, 4.69) is 10.3 Å². The van der Waals surface area contributed by atoms with E-state index in [1.54, 1.807) is 17.2 Å². The summed E-state index contributed by atoms with van der Waals surface area (Å²) < 4.78 is 5.95. The number of rotatable bonds is 7. The molecule has 1 aliphatic rings. The molecule has 2 amide bonds. The molecule has 2 heterocycles. The Morgan fingerprint density at radius 3 is 2.65 bits per heavy atom. The van der Waals surface area contributed by atoms with Crippen molar-refractivity contribution < 1.29 is 14.3 Å². The van der Waals surface area contributed by atoms with E-state index < -0.39 is 6.10 Å². The van der Waals surface area contributed by atoms with Gasteiger partial charge in [-0.3, -0.25) is 14.5 Å². The number of carbonyl (C=O) groups excluding carboxylic acids is 2. The summed E-state index contributed by atoms with van der Waals surface area (Å²) in [4.78, 5) is 31.5. The lowest BCUT2D eigenvalue weighted by atomic mass is 10.1. The fourth-order valence-corrected chi connectivity index (χ4v) is 3.64. The second-order valence-corrected chi connectivity index (χ2v) is 7.53. The lowest BCUT2D eigenvalue weighted by Gasteiger charge is -2.33. The quantitative estimate of drug-likeness (QED) is 0.634. The van der Waals surface area contributed by atoms with E-state index in [1.165, 1.54) is 0 Å². The molecule has 6 heteroatoms. The minimum Gasteiger partial charge on any atom is -0.472 e. The summed E-state index contributed by atoms with van der Waals surface area (Å²) in [7, 11) is 0. The molecule has 0 radical (unpaired) electrons. The maximum Gasteiger partial charge on any atom is 0.274 e. The van der Waals surface area contributed by atoms with Crippen LogP contribution in [0, 0.1) is 6.92 Å². The lowest BCUT2D eigenvalue weighted by molar-refractivity contribution is -0.127. The summed E-state index contributed by atoms with van der Waals surface area (Å²) in [6.45, 7) is 2.93. The van der Waals surface area contributed by atoms with Gasteiger partial charge in [-0.25, -0.2) is 4.98 Å². The Balaban J connectivity index is 1.39. The molecule has 31 heavy (non-hydrogen) atoms. The van der Waals surface area contributed by atoms with Gasteiger partial charge in [0.25, 0.3) is 5.91 Å². The van der Waals surface area contributed by atoms with Crippen LogP contribution >= 0.6 is 0 Å². The monoisotopic (exact) mass is 415 g/mol. The fraction of sp³-hybridized carbons (Fsp3) is 0.240. The van der Waals surface area contributed by atoms with Crippen molar-refractivity contribution in [2.75, 3.05) is 11.4 Å². The third kappa shape index (κ3) is 4.74. The third-order valence-corrected chi connectivity index (χ3v) is 5.37. The van der Waals surface area contributed by atoms with Gasteiger partial charge in [-0.2, -0.15) is 0 Å². The number of fused-ring (bicyclic) bond motifs is 1. The average Bonchev–Trinajstić information content (AvgIpc) is 2.80. The topological polar surface area (TPSA) is 71.5 Å². The van der Waals surface area contributed by atoms with Crippen LogP contribution in [0.5, 0.6) is 5.75 Å². The Bertz CT molecular complexity index is 1070. The molecule has 0 bridgehead atoms. The number of hydrogen-bond donors (Lipinski definition) is 1. The third-order valence-electron chi connectivity index (χ3n) is 5.37. The normalized spacial score (nSPS) is 15.2. The minimum atomic E-state index is -0.715. The molecule has 1 atom stereocenters. The highest BCUT2D eigenvalue weighted by atomic mass is 16.5. The molecule has 6 nitrogen and oxygen atoms in total. The maximum absolute atomic E-state index is 13.2. The van der Waals surface area contributed by atoms with Crippen molar-refractivity contribution in [1.82, 2.24) is 10.3 Å². The Labute approximate surface area is 181 Å². The molecular weight excluding hydrogens is 390 g/mol. The molecule has 0 aliphatic carbocycles. The molecule has 0 saturated heterocycles. The van der Waals surface area contributed by atoms with E-state index >= 15 is 0 Å². The zero-order valence-corrected chi connectivity index (χ0v) is 17.5. The number of aryl methyl sites for hydroxylation is 1. The van der Waals surface area contributed by atoms with Gasteiger partial charge in [0.1, 0.15) is 0 Å². The van der Waals surface area contributed by atoms with Crippen LogP contribution in [-0.2, 0) is 16.1 Å². The highest BCUT2D eigenvalue weighted by Gasteiger charge is 2.36. The average molecular weight is 415 g/mol. The molecule has 1 N–H and O–H groups in total. The van der Waals surface area contributed by atoms with Crippen LogP contribution in [0.25, 0.3) is 0 Å². The molecule has 1 aliphatic heterocycles. The van der Waals surface area contributed by atoms with Crippen LogP contribution in [0.15, 0.2) is 72.9 Å². The van der Waals surface area contributed by atoms with Crippen LogP contribution < -0.4 is 15.0 Å². The van der Waals surface area contributed by atoms with Gasteiger partial charge in [0.15, 0.2) is 11.6 Å². The second kappa shape index (κ2) is 9.43. The van der Waals surface area contributed by atoms with Crippen molar-refractivity contribution in [3.63, 3.8) is 0 Å². The van der Waals surface area contributed by atoms with Gasteiger partial charge in [0.05, 0.1) is 0 Å². The van der Waals surface area contributed by atoms with Crippen LogP contribution in [0.2, 0.25) is 0 Å². The first-order chi connectivity index (χ1) is 15.1. The van der Waals surface area contributed by atoms with Gasteiger partial charge in [-0.05, 0) is 36.6 Å². The van der Waals surface area contributed by atoms with Gasteiger partial charge < -0.3 is 10.1 Å². The van der Waals surface area contributed by atoms with Crippen molar-refractivity contribution in [2.45, 2.75) is 32.4 Å². The van der Waals surface area contributed by atoms with E-state index in [-0.39, 0.29) is 11.8 Å². The Morgan fingerprint density at radius 2 is 1.84 bits per heavy atom. The lowest BCUT2D eigenvalue weighted by Crippen LogP contribution is -2.42. The van der Waals surface area contributed by atoms with E-state index in [0.717, 1.165) is 16.7 Å². The summed E-state index contributed by atoms with van der Waals surface area (Å²) in [6, 6.07) is 21.0. The smallest absolute Gasteiger partial charge is 0.274 e. The zero-order valence-electron chi connectivity index (χ0n) is 17.5. The van der Waals surface area contributed by atoms with Crippen molar-refractivity contribution in [1.29, 1.82) is 0 Å². The number of anilines is 1. The predicted molar refractivity (Wildman–Crippen MR) is 119 cm³/mol. The zero-order chi connectivity index (χ0) is 21.6. The van der Waals surface area contributed by atoms with E-state index in [0.29, 0.717) is 37.5 Å². The highest BCUT2D eigenvalue weighted by Crippen LogP contribution is 2.37. The molecule has 2 aromatic carbocycles. The van der Waals surface area contributed by atoms with E-state index in [9.17, 15) is 9.59 Å². The number of nitrogens with one attached hydrogen (secondary N) is 1. The molecule has 0 spiro atoms. The second-order valence-electron chi connectivity index (χ2n) is 7.53. The number of ether oxygens (including phenoxy) is 1. The van der Waals surface area contributed by atoms with Gasteiger partial charge in [-0.15, -0.1) is 0 Å². The molecule has 3 aromatic rings. The fourth-order valence-electron chi connectivity index (χ4n) is 3.64. The SMILES string of the molecule is Cc1ccccc1CNC(=O)CCCN1C(=O)C(c2ccccc2)Oc2cccnc21. The van der Waals surface area contributed by atoms with Crippen LogP contribution in [0.4, 0.5) is 5.82 Å². The summed E-state index contributed by atoms with van der Waals surface area (Å²) in [5.41, 5.74) is 3.04. The Morgan fingerprint density at radius 1 is 1.06 bits per heavy atom. The van der Waals surface area contributed by atoms with Crippen LogP contribution in [0.3, 0.4) is 0 Å². The van der Waals surface area contributed by atoms with E-state index in [1.807, 2.05) is 67.6 Å². The van der Waals surface area contributed by atoms with Crippen molar-refractivity contribution >= 4 is 17.6 Å². The molecule has 158 valence electrons. The first-order valence-electron chi connectivity index (χ1n) is 10.4. The molecule has 4 rings (SSSR count). The number of pyridine rings is 1. The maximum atomic E-state index is 13.2. The van der Waals surface area contributed by atoms with E-state index in [4.69, 9.17) is 4.74 Å². The summed E-state index contributed by atoms with van der Waals surface area (Å²) >= 11 is 0. The summed E-state index contributed by atoms with van der Waals surface area (Å²) in [5, 5.41) is 2.96. The van der Waals surface area contributed by atoms with Crippen LogP contribution in [0.1, 0.15) is 35.6 Å². The number of nitrogens with zero attached hydrogens (tertiary/aromatic N) is 2. The van der Waals surface area contributed by atoms with Gasteiger partial charge in [0, 0.05) is 31.3 Å². The molecule has 0 saturated carbocycles. The van der Waals surface area contributed by atoms with Gasteiger partial charge >= 0.3 is 0 Å².